The van der Waals surface area contributed by atoms with Gasteiger partial charge in [-0.05, 0) is 49.4 Å². The minimum absolute atomic E-state index is 0.142. The maximum Gasteiger partial charge on any atom is 0.188 e. The molecule has 1 unspecified atom stereocenters. The van der Waals surface area contributed by atoms with Gasteiger partial charge >= 0.3 is 0 Å². The molecular weight excluding hydrogens is 491 g/mol. The van der Waals surface area contributed by atoms with E-state index in [2.05, 4.69) is 81.3 Å². The van der Waals surface area contributed by atoms with E-state index in [1.165, 1.54) is 24.0 Å². The molecule has 4 aromatic rings. The Labute approximate surface area is 228 Å². The predicted octanol–water partition coefficient (Wildman–Crippen LogP) is 6.31. The molecule has 8 heteroatoms. The first kappa shape index (κ1) is 25.4. The van der Waals surface area contributed by atoms with Gasteiger partial charge in [0.05, 0.1) is 11.9 Å². The second-order valence-electron chi connectivity index (χ2n) is 11.2. The third-order valence-electron chi connectivity index (χ3n) is 7.90. The summed E-state index contributed by atoms with van der Waals surface area (Å²) in [6.45, 7) is 8.19. The molecular formula is C31H33FN6O. The Morgan fingerprint density at radius 1 is 0.923 bits per heavy atom. The fraction of sp³-hybridized carbons (Fsp3) is 0.355. The fourth-order valence-corrected chi connectivity index (χ4v) is 6.01. The summed E-state index contributed by atoms with van der Waals surface area (Å²) in [6.07, 6.45) is 8.76. The number of anilines is 1. The van der Waals surface area contributed by atoms with Crippen molar-refractivity contribution in [1.29, 1.82) is 0 Å². The fourth-order valence-electron chi connectivity index (χ4n) is 6.01. The SMILES string of the molecule is CC(C)c1ncncc1-c1cc(F)ccc1Oc1cncnc1N1CC2(CC(NC(C)c3ccccc3)C2)C1. The molecule has 2 aromatic heterocycles. The van der Waals surface area contributed by atoms with Gasteiger partial charge in [0.1, 0.15) is 24.2 Å². The average molecular weight is 525 g/mol. The third-order valence-corrected chi connectivity index (χ3v) is 7.90. The molecule has 1 aliphatic carbocycles. The summed E-state index contributed by atoms with van der Waals surface area (Å²) in [6, 6.07) is 16.0. The number of rotatable bonds is 8. The van der Waals surface area contributed by atoms with Gasteiger partial charge in [-0.3, -0.25) is 0 Å². The molecule has 200 valence electrons. The summed E-state index contributed by atoms with van der Waals surface area (Å²) in [7, 11) is 0. The number of nitrogens with one attached hydrogen (secondary N) is 1. The minimum atomic E-state index is -0.347. The van der Waals surface area contributed by atoms with Gasteiger partial charge < -0.3 is 15.0 Å². The second-order valence-corrected chi connectivity index (χ2v) is 11.2. The van der Waals surface area contributed by atoms with Gasteiger partial charge in [0.2, 0.25) is 0 Å². The number of halogens is 1. The summed E-state index contributed by atoms with van der Waals surface area (Å²) < 4.78 is 20.8. The Kier molecular flexibility index (Phi) is 6.73. The lowest BCUT2D eigenvalue weighted by atomic mass is 9.60. The van der Waals surface area contributed by atoms with Crippen LogP contribution in [0.5, 0.6) is 11.5 Å². The van der Waals surface area contributed by atoms with Crippen LogP contribution in [0.4, 0.5) is 10.2 Å². The molecule has 1 saturated carbocycles. The molecule has 0 radical (unpaired) electrons. The molecule has 2 fully saturated rings. The van der Waals surface area contributed by atoms with Gasteiger partial charge in [-0.25, -0.2) is 24.3 Å². The van der Waals surface area contributed by atoms with E-state index in [9.17, 15) is 4.39 Å². The minimum Gasteiger partial charge on any atom is -0.451 e. The van der Waals surface area contributed by atoms with Crippen molar-refractivity contribution in [2.24, 2.45) is 5.41 Å². The van der Waals surface area contributed by atoms with Crippen LogP contribution in [0.25, 0.3) is 11.1 Å². The molecule has 3 heterocycles. The zero-order valence-electron chi connectivity index (χ0n) is 22.5. The van der Waals surface area contributed by atoms with Crippen LogP contribution in [-0.4, -0.2) is 39.1 Å². The van der Waals surface area contributed by atoms with Crippen LogP contribution in [0.2, 0.25) is 0 Å². The van der Waals surface area contributed by atoms with Gasteiger partial charge in [-0.2, -0.15) is 0 Å². The van der Waals surface area contributed by atoms with Crippen molar-refractivity contribution in [1.82, 2.24) is 25.3 Å². The van der Waals surface area contributed by atoms with E-state index in [1.54, 1.807) is 24.8 Å². The van der Waals surface area contributed by atoms with E-state index < -0.39 is 0 Å². The highest BCUT2D eigenvalue weighted by Crippen LogP contribution is 2.51. The summed E-state index contributed by atoms with van der Waals surface area (Å²) in [4.78, 5) is 19.7. The molecule has 1 aliphatic heterocycles. The van der Waals surface area contributed by atoms with Crippen molar-refractivity contribution in [3.8, 4) is 22.6 Å². The quantitative estimate of drug-likeness (QED) is 0.290. The molecule has 1 atom stereocenters. The maximum absolute atomic E-state index is 14.4. The normalized spacial score (nSPS) is 17.1. The Hall–Kier alpha value is -3.91. The highest BCUT2D eigenvalue weighted by Gasteiger charge is 2.53. The third kappa shape index (κ3) is 5.08. The molecule has 1 spiro atoms. The van der Waals surface area contributed by atoms with Gasteiger partial charge in [-0.1, -0.05) is 44.2 Å². The van der Waals surface area contributed by atoms with Crippen molar-refractivity contribution in [3.63, 3.8) is 0 Å². The van der Waals surface area contributed by atoms with Crippen molar-refractivity contribution in [2.45, 2.75) is 51.6 Å². The smallest absolute Gasteiger partial charge is 0.188 e. The molecule has 0 bridgehead atoms. The summed E-state index contributed by atoms with van der Waals surface area (Å²) in [5, 5.41) is 3.78. The summed E-state index contributed by atoms with van der Waals surface area (Å²) >= 11 is 0. The van der Waals surface area contributed by atoms with E-state index in [4.69, 9.17) is 4.74 Å². The standard InChI is InChI=1S/C31H33FN6O/c1-20(2)29-26(14-33-18-35-29)25-11-23(32)9-10-27(25)39-28-15-34-19-36-30(28)38-16-31(17-38)12-24(13-31)37-21(3)22-7-5-4-6-8-22/h4-11,14-15,18-21,24,37H,12-13,16-17H2,1-3H3. The van der Waals surface area contributed by atoms with Gasteiger partial charge in [-0.15, -0.1) is 0 Å². The zero-order valence-corrected chi connectivity index (χ0v) is 22.5. The molecule has 2 aliphatic rings. The zero-order chi connectivity index (χ0) is 27.0. The van der Waals surface area contributed by atoms with Gasteiger partial charge in [0.25, 0.3) is 0 Å². The number of aromatic nitrogens is 4. The van der Waals surface area contributed by atoms with E-state index in [1.807, 2.05) is 0 Å². The van der Waals surface area contributed by atoms with Crippen LogP contribution >= 0.6 is 0 Å². The molecule has 1 N–H and O–H groups in total. The van der Waals surface area contributed by atoms with Crippen LogP contribution < -0.4 is 15.0 Å². The maximum atomic E-state index is 14.4. The highest BCUT2D eigenvalue weighted by molar-refractivity contribution is 5.73. The number of ether oxygens (including phenoxy) is 1. The van der Waals surface area contributed by atoms with Crippen LogP contribution in [0.15, 0.2) is 73.6 Å². The van der Waals surface area contributed by atoms with E-state index in [0.717, 1.165) is 43.0 Å². The summed E-state index contributed by atoms with van der Waals surface area (Å²) in [5.41, 5.74) is 3.82. The number of hydrogen-bond donors (Lipinski definition) is 1. The average Bonchev–Trinajstić information content (AvgIpc) is 2.91. The van der Waals surface area contributed by atoms with Crippen molar-refractivity contribution >= 4 is 5.82 Å². The second kappa shape index (κ2) is 10.3. The van der Waals surface area contributed by atoms with Crippen LogP contribution in [0.1, 0.15) is 56.8 Å². The monoisotopic (exact) mass is 524 g/mol. The van der Waals surface area contributed by atoms with Gasteiger partial charge in [0, 0.05) is 47.9 Å². The van der Waals surface area contributed by atoms with Crippen molar-refractivity contribution in [2.75, 3.05) is 18.0 Å². The molecule has 1 saturated heterocycles. The van der Waals surface area contributed by atoms with Crippen LogP contribution in [-0.2, 0) is 0 Å². The Balaban J connectivity index is 1.16. The first-order chi connectivity index (χ1) is 18.9. The van der Waals surface area contributed by atoms with E-state index >= 15 is 0 Å². The highest BCUT2D eigenvalue weighted by atomic mass is 19.1. The molecule has 0 amide bonds. The number of nitrogens with zero attached hydrogens (tertiary/aromatic N) is 5. The molecule has 39 heavy (non-hydrogen) atoms. The Morgan fingerprint density at radius 2 is 1.67 bits per heavy atom. The van der Waals surface area contributed by atoms with Crippen molar-refractivity contribution in [3.05, 3.63) is 90.7 Å². The lowest BCUT2D eigenvalue weighted by molar-refractivity contribution is 0.0428. The summed E-state index contributed by atoms with van der Waals surface area (Å²) in [5.74, 6) is 1.62. The number of hydrogen-bond acceptors (Lipinski definition) is 7. The van der Waals surface area contributed by atoms with Crippen LogP contribution in [0.3, 0.4) is 0 Å². The molecule has 7 nitrogen and oxygen atoms in total. The van der Waals surface area contributed by atoms with E-state index in [0.29, 0.717) is 34.6 Å². The van der Waals surface area contributed by atoms with Crippen molar-refractivity contribution < 1.29 is 9.13 Å². The Bertz CT molecular complexity index is 1450. The number of benzene rings is 2. The largest absolute Gasteiger partial charge is 0.451 e. The molecule has 6 rings (SSSR count). The lowest BCUT2D eigenvalue weighted by Gasteiger charge is -2.60. The first-order valence-corrected chi connectivity index (χ1v) is 13.5. The Morgan fingerprint density at radius 3 is 2.44 bits per heavy atom. The molecule has 2 aromatic carbocycles. The van der Waals surface area contributed by atoms with E-state index in [-0.39, 0.29) is 11.7 Å². The van der Waals surface area contributed by atoms with Gasteiger partial charge in [0.15, 0.2) is 11.6 Å². The first-order valence-electron chi connectivity index (χ1n) is 13.5. The van der Waals surface area contributed by atoms with Crippen LogP contribution in [0, 0.1) is 11.2 Å². The predicted molar refractivity (Wildman–Crippen MR) is 149 cm³/mol. The lowest BCUT2D eigenvalue weighted by Crippen LogP contribution is -2.66. The topological polar surface area (TPSA) is 76.1 Å².